The number of hydrogen-bond acceptors (Lipinski definition) is 5. The van der Waals surface area contributed by atoms with Crippen LogP contribution < -0.4 is 10.4 Å². The highest BCUT2D eigenvalue weighted by Gasteiger charge is 2.27. The number of carboxylic acids is 1. The molecular formula is C24H20O6. The molecule has 0 saturated carbocycles. The molecule has 0 unspecified atom stereocenters. The summed E-state index contributed by atoms with van der Waals surface area (Å²) >= 11 is 0. The van der Waals surface area contributed by atoms with Crippen LogP contribution in [0.3, 0.4) is 0 Å². The maximum Gasteiger partial charge on any atom is 0.339 e. The first-order valence-electron chi connectivity index (χ1n) is 9.87. The van der Waals surface area contributed by atoms with Gasteiger partial charge in [0.05, 0.1) is 18.9 Å². The summed E-state index contributed by atoms with van der Waals surface area (Å²) in [7, 11) is 1.59. The van der Waals surface area contributed by atoms with E-state index in [1.165, 1.54) is 0 Å². The molecule has 0 amide bonds. The lowest BCUT2D eigenvalue weighted by molar-refractivity contribution is -0.136. The molecule has 2 heterocycles. The van der Waals surface area contributed by atoms with Crippen LogP contribution in [0.25, 0.3) is 33.3 Å². The van der Waals surface area contributed by atoms with Crippen molar-refractivity contribution in [1.29, 1.82) is 0 Å². The number of furan rings is 1. The Kier molecular flexibility index (Phi) is 4.17. The zero-order valence-corrected chi connectivity index (χ0v) is 16.7. The van der Waals surface area contributed by atoms with Gasteiger partial charge in [0.25, 0.3) is 0 Å². The summed E-state index contributed by atoms with van der Waals surface area (Å²) in [6.07, 6.45) is 2.20. The molecule has 1 aliphatic rings. The summed E-state index contributed by atoms with van der Waals surface area (Å²) in [4.78, 5) is 24.1. The average molecular weight is 404 g/mol. The van der Waals surface area contributed by atoms with Gasteiger partial charge in [-0.25, -0.2) is 4.79 Å². The second-order valence-corrected chi connectivity index (χ2v) is 7.68. The van der Waals surface area contributed by atoms with Crippen molar-refractivity contribution >= 4 is 27.9 Å². The van der Waals surface area contributed by atoms with Crippen molar-refractivity contribution in [3.8, 4) is 17.1 Å². The zero-order valence-electron chi connectivity index (χ0n) is 16.7. The van der Waals surface area contributed by atoms with E-state index >= 15 is 0 Å². The fraction of sp³-hybridized carbons (Fsp3) is 0.250. The molecule has 30 heavy (non-hydrogen) atoms. The lowest BCUT2D eigenvalue weighted by atomic mass is 9.96. The predicted octanol–water partition coefficient (Wildman–Crippen LogP) is 4.64. The van der Waals surface area contributed by atoms with Crippen molar-refractivity contribution in [3.63, 3.8) is 0 Å². The number of ether oxygens (including phenoxy) is 1. The second kappa shape index (κ2) is 6.76. The molecule has 2 aromatic carbocycles. The van der Waals surface area contributed by atoms with Gasteiger partial charge in [-0.15, -0.1) is 0 Å². The van der Waals surface area contributed by atoms with Gasteiger partial charge in [0, 0.05) is 22.1 Å². The van der Waals surface area contributed by atoms with Crippen LogP contribution in [0, 0.1) is 6.92 Å². The van der Waals surface area contributed by atoms with Gasteiger partial charge in [-0.3, -0.25) is 4.79 Å². The highest BCUT2D eigenvalue weighted by molar-refractivity contribution is 6.09. The SMILES string of the molecule is COc1ccc(-c2oc3c(c(C)cc4oc(=O)c5c(c43)CCC5)c2CC(=O)O)cc1. The monoisotopic (exact) mass is 404 g/mol. The Labute approximate surface area is 171 Å². The van der Waals surface area contributed by atoms with Crippen LogP contribution in [0.2, 0.25) is 0 Å². The summed E-state index contributed by atoms with van der Waals surface area (Å²) in [5.41, 5.74) is 4.67. The molecule has 6 nitrogen and oxygen atoms in total. The van der Waals surface area contributed by atoms with E-state index in [2.05, 4.69) is 0 Å². The Bertz CT molecular complexity index is 1370. The van der Waals surface area contributed by atoms with Crippen molar-refractivity contribution in [1.82, 2.24) is 0 Å². The van der Waals surface area contributed by atoms with E-state index in [1.807, 2.05) is 37.3 Å². The number of aliphatic carboxylic acids is 1. The Morgan fingerprint density at radius 2 is 1.83 bits per heavy atom. The normalized spacial score (nSPS) is 13.1. The Hall–Kier alpha value is -3.54. The van der Waals surface area contributed by atoms with Crippen molar-refractivity contribution < 1.29 is 23.5 Å². The second-order valence-electron chi connectivity index (χ2n) is 7.68. The van der Waals surface area contributed by atoms with Crippen molar-refractivity contribution in [2.24, 2.45) is 0 Å². The predicted molar refractivity (Wildman–Crippen MR) is 112 cm³/mol. The van der Waals surface area contributed by atoms with Gasteiger partial charge in [-0.2, -0.15) is 0 Å². The minimum atomic E-state index is -0.934. The average Bonchev–Trinajstić information content (AvgIpc) is 3.34. The molecule has 1 aliphatic carbocycles. The number of rotatable bonds is 4. The van der Waals surface area contributed by atoms with Crippen LogP contribution in [0.4, 0.5) is 0 Å². The van der Waals surface area contributed by atoms with Crippen LogP contribution in [0.1, 0.15) is 28.7 Å². The van der Waals surface area contributed by atoms with Crippen molar-refractivity contribution in [3.05, 3.63) is 63.0 Å². The molecule has 0 radical (unpaired) electrons. The van der Waals surface area contributed by atoms with E-state index < -0.39 is 5.97 Å². The van der Waals surface area contributed by atoms with E-state index in [1.54, 1.807) is 7.11 Å². The number of fused-ring (bicyclic) bond motifs is 5. The van der Waals surface area contributed by atoms with Gasteiger partial charge in [0.2, 0.25) is 0 Å². The number of aryl methyl sites for hydroxylation is 2. The van der Waals surface area contributed by atoms with Crippen LogP contribution >= 0.6 is 0 Å². The summed E-state index contributed by atoms with van der Waals surface area (Å²) < 4.78 is 17.2. The number of carbonyl (C=O) groups is 1. The largest absolute Gasteiger partial charge is 0.497 e. The van der Waals surface area contributed by atoms with Crippen molar-refractivity contribution in [2.75, 3.05) is 7.11 Å². The van der Waals surface area contributed by atoms with E-state index in [4.69, 9.17) is 13.6 Å². The molecule has 0 aliphatic heterocycles. The number of benzene rings is 2. The van der Waals surface area contributed by atoms with Crippen LogP contribution in [-0.2, 0) is 24.1 Å². The lowest BCUT2D eigenvalue weighted by Gasteiger charge is -2.07. The van der Waals surface area contributed by atoms with E-state index in [0.717, 1.165) is 40.3 Å². The Morgan fingerprint density at radius 3 is 2.53 bits per heavy atom. The van der Waals surface area contributed by atoms with Gasteiger partial charge in [0.15, 0.2) is 0 Å². The first-order valence-corrected chi connectivity index (χ1v) is 9.87. The fourth-order valence-electron chi connectivity index (χ4n) is 4.58. The van der Waals surface area contributed by atoms with Gasteiger partial charge in [0.1, 0.15) is 22.7 Å². The fourth-order valence-corrected chi connectivity index (χ4v) is 4.58. The summed E-state index contributed by atoms with van der Waals surface area (Å²) in [6.45, 7) is 1.88. The summed E-state index contributed by atoms with van der Waals surface area (Å²) in [5.74, 6) is 0.288. The van der Waals surface area contributed by atoms with Crippen LogP contribution in [0.5, 0.6) is 5.75 Å². The maximum absolute atomic E-state index is 12.4. The molecule has 6 heteroatoms. The smallest absolute Gasteiger partial charge is 0.339 e. The maximum atomic E-state index is 12.4. The Balaban J connectivity index is 1.89. The lowest BCUT2D eigenvalue weighted by Crippen LogP contribution is -2.07. The quantitative estimate of drug-likeness (QED) is 0.499. The Morgan fingerprint density at radius 1 is 1.10 bits per heavy atom. The zero-order chi connectivity index (χ0) is 21.0. The van der Waals surface area contributed by atoms with Crippen LogP contribution in [0.15, 0.2) is 44.0 Å². The standard InChI is InChI=1S/C24H20O6/c1-12-10-18-21(15-4-3-5-16(15)24(27)29-18)23-20(12)17(11-19(25)26)22(30-23)13-6-8-14(28-2)9-7-13/h6-10H,3-5,11H2,1-2H3,(H,25,26). The topological polar surface area (TPSA) is 89.9 Å². The first kappa shape index (κ1) is 18.5. The van der Waals surface area contributed by atoms with E-state index in [9.17, 15) is 14.7 Å². The van der Waals surface area contributed by atoms with Gasteiger partial charge in [-0.1, -0.05) is 0 Å². The first-order chi connectivity index (χ1) is 14.5. The third-order valence-corrected chi connectivity index (χ3v) is 5.87. The van der Waals surface area contributed by atoms with Gasteiger partial charge >= 0.3 is 11.6 Å². The summed E-state index contributed by atoms with van der Waals surface area (Å²) in [6, 6.07) is 9.15. The molecule has 4 aromatic rings. The number of methoxy groups -OCH3 is 1. The molecule has 0 bridgehead atoms. The highest BCUT2D eigenvalue weighted by atomic mass is 16.5. The molecule has 152 valence electrons. The molecule has 0 atom stereocenters. The molecule has 5 rings (SSSR count). The molecule has 2 aromatic heterocycles. The van der Waals surface area contributed by atoms with Crippen LogP contribution in [-0.4, -0.2) is 18.2 Å². The third kappa shape index (κ3) is 2.71. The van der Waals surface area contributed by atoms with E-state index in [-0.39, 0.29) is 12.0 Å². The number of hydrogen-bond donors (Lipinski definition) is 1. The molecule has 1 N–H and O–H groups in total. The minimum Gasteiger partial charge on any atom is -0.497 e. The van der Waals surface area contributed by atoms with Gasteiger partial charge < -0.3 is 18.7 Å². The highest BCUT2D eigenvalue weighted by Crippen LogP contribution is 2.42. The summed E-state index contributed by atoms with van der Waals surface area (Å²) in [5, 5.41) is 11.1. The third-order valence-electron chi connectivity index (χ3n) is 5.87. The van der Waals surface area contributed by atoms with E-state index in [0.29, 0.717) is 40.2 Å². The van der Waals surface area contributed by atoms with Crippen molar-refractivity contribution in [2.45, 2.75) is 32.6 Å². The molecule has 0 spiro atoms. The minimum absolute atomic E-state index is 0.167. The molecule has 0 saturated heterocycles. The number of carboxylic acid groups (broad SMARTS) is 1. The van der Waals surface area contributed by atoms with Gasteiger partial charge in [-0.05, 0) is 67.6 Å². The molecular weight excluding hydrogens is 384 g/mol. The molecule has 0 fully saturated rings.